The summed E-state index contributed by atoms with van der Waals surface area (Å²) in [5.41, 5.74) is 0.00633. The van der Waals surface area contributed by atoms with Gasteiger partial charge in [-0.05, 0) is 56.3 Å². The van der Waals surface area contributed by atoms with Crippen molar-refractivity contribution in [2.45, 2.75) is 44.9 Å². The number of likely N-dealkylation sites (N-methyl/N-ethyl adjacent to an activating group) is 1. The van der Waals surface area contributed by atoms with Crippen LogP contribution in [0.15, 0.2) is 11.6 Å². The molecule has 1 aromatic heterocycles. The Morgan fingerprint density at radius 3 is 2.43 bits per heavy atom. The van der Waals surface area contributed by atoms with Gasteiger partial charge in [0.15, 0.2) is 0 Å². The van der Waals surface area contributed by atoms with E-state index in [1.807, 2.05) is 23.5 Å². The molecule has 1 heterocycles. The van der Waals surface area contributed by atoms with E-state index in [4.69, 9.17) is 0 Å². The second-order valence-corrected chi connectivity index (χ2v) is 8.58. The van der Waals surface area contributed by atoms with Gasteiger partial charge in [0, 0.05) is 31.6 Å². The van der Waals surface area contributed by atoms with Gasteiger partial charge in [-0.1, -0.05) is 0 Å². The van der Waals surface area contributed by atoms with Gasteiger partial charge in [0.2, 0.25) is 5.91 Å². The van der Waals surface area contributed by atoms with Crippen molar-refractivity contribution in [3.8, 4) is 0 Å². The van der Waals surface area contributed by atoms with Gasteiger partial charge in [-0.2, -0.15) is 0 Å². The fourth-order valence-corrected chi connectivity index (χ4v) is 6.13. The minimum Gasteiger partial charge on any atom is -0.345 e. The number of nitrogens with zero attached hydrogens (tertiary/aromatic N) is 2. The molecule has 5 rings (SSSR count). The van der Waals surface area contributed by atoms with Gasteiger partial charge >= 0.3 is 0 Å². The molecule has 3 nitrogen and oxygen atoms in total. The molecule has 1 amide bonds. The molecule has 0 aromatic carbocycles. The van der Waals surface area contributed by atoms with E-state index in [2.05, 4.69) is 4.98 Å². The number of carbonyl (C=O) groups is 1. The highest BCUT2D eigenvalue weighted by molar-refractivity contribution is 7.09. The lowest BCUT2D eigenvalue weighted by atomic mass is 9.49. The molecular formula is C17H24N2OS. The second kappa shape index (κ2) is 5.08. The predicted octanol–water partition coefficient (Wildman–Crippen LogP) is 3.36. The van der Waals surface area contributed by atoms with Crippen molar-refractivity contribution in [2.75, 3.05) is 13.6 Å². The first-order valence-electron chi connectivity index (χ1n) is 8.28. The van der Waals surface area contributed by atoms with Crippen molar-refractivity contribution in [1.29, 1.82) is 0 Å². The summed E-state index contributed by atoms with van der Waals surface area (Å²) in [7, 11) is 1.99. The van der Waals surface area contributed by atoms with Crippen molar-refractivity contribution in [1.82, 2.24) is 9.88 Å². The summed E-state index contributed by atoms with van der Waals surface area (Å²) in [6.07, 6.45) is 10.4. The van der Waals surface area contributed by atoms with Crippen LogP contribution in [-0.2, 0) is 11.2 Å². The highest BCUT2D eigenvalue weighted by atomic mass is 32.1. The van der Waals surface area contributed by atoms with Gasteiger partial charge in [-0.3, -0.25) is 4.79 Å². The van der Waals surface area contributed by atoms with Gasteiger partial charge in [-0.25, -0.2) is 4.98 Å². The fourth-order valence-electron chi connectivity index (χ4n) is 5.52. The number of aromatic nitrogens is 1. The van der Waals surface area contributed by atoms with Crippen LogP contribution in [0.5, 0.6) is 0 Å². The van der Waals surface area contributed by atoms with E-state index in [1.165, 1.54) is 38.5 Å². The van der Waals surface area contributed by atoms with E-state index in [0.717, 1.165) is 35.7 Å². The molecule has 0 unspecified atom stereocenters. The topological polar surface area (TPSA) is 33.2 Å². The Morgan fingerprint density at radius 1 is 1.29 bits per heavy atom. The van der Waals surface area contributed by atoms with Crippen molar-refractivity contribution in [3.63, 3.8) is 0 Å². The SMILES string of the molecule is CN(CCc1nccs1)C(=O)C12CC3CC(CC(C3)C1)C2. The van der Waals surface area contributed by atoms with E-state index >= 15 is 0 Å². The highest BCUT2D eigenvalue weighted by Gasteiger charge is 2.55. The van der Waals surface area contributed by atoms with Gasteiger partial charge in [0.25, 0.3) is 0 Å². The van der Waals surface area contributed by atoms with Gasteiger partial charge in [0.05, 0.1) is 10.4 Å². The molecule has 4 bridgehead atoms. The molecule has 4 aliphatic rings. The van der Waals surface area contributed by atoms with Gasteiger partial charge in [0.1, 0.15) is 0 Å². The molecule has 0 aliphatic heterocycles. The number of thiazole rings is 1. The number of hydrogen-bond donors (Lipinski definition) is 0. The first-order chi connectivity index (χ1) is 10.1. The average molecular weight is 304 g/mol. The van der Waals surface area contributed by atoms with Gasteiger partial charge in [-0.15, -0.1) is 11.3 Å². The molecule has 4 fully saturated rings. The molecule has 4 saturated carbocycles. The van der Waals surface area contributed by atoms with Crippen LogP contribution in [0, 0.1) is 23.2 Å². The zero-order chi connectivity index (χ0) is 14.4. The summed E-state index contributed by atoms with van der Waals surface area (Å²) in [6.45, 7) is 0.814. The van der Waals surface area contributed by atoms with Crippen LogP contribution in [0.25, 0.3) is 0 Å². The Labute approximate surface area is 130 Å². The van der Waals surface area contributed by atoms with E-state index in [1.54, 1.807) is 11.3 Å². The maximum Gasteiger partial charge on any atom is 0.228 e. The Kier molecular flexibility index (Phi) is 3.32. The molecule has 1 aromatic rings. The van der Waals surface area contributed by atoms with Crippen LogP contribution in [0.4, 0.5) is 0 Å². The van der Waals surface area contributed by atoms with Crippen molar-refractivity contribution < 1.29 is 4.79 Å². The summed E-state index contributed by atoms with van der Waals surface area (Å²) in [4.78, 5) is 19.4. The van der Waals surface area contributed by atoms with Crippen LogP contribution in [-0.4, -0.2) is 29.4 Å². The Hall–Kier alpha value is -0.900. The maximum atomic E-state index is 13.1. The summed E-state index contributed by atoms with van der Waals surface area (Å²) in [5, 5.41) is 3.15. The minimum atomic E-state index is 0.00633. The average Bonchev–Trinajstić information content (AvgIpc) is 2.95. The quantitative estimate of drug-likeness (QED) is 0.854. The third-order valence-corrected chi connectivity index (χ3v) is 6.82. The number of amides is 1. The number of hydrogen-bond acceptors (Lipinski definition) is 3. The summed E-state index contributed by atoms with van der Waals surface area (Å²) in [6, 6.07) is 0. The van der Waals surface area contributed by atoms with Crippen molar-refractivity contribution in [3.05, 3.63) is 16.6 Å². The molecular weight excluding hydrogens is 280 g/mol. The zero-order valence-electron chi connectivity index (χ0n) is 12.8. The van der Waals surface area contributed by atoms with E-state index < -0.39 is 0 Å². The highest BCUT2D eigenvalue weighted by Crippen LogP contribution is 2.60. The van der Waals surface area contributed by atoms with Crippen molar-refractivity contribution >= 4 is 17.2 Å². The molecule has 4 heteroatoms. The van der Waals surface area contributed by atoms with Crippen LogP contribution in [0.1, 0.15) is 43.5 Å². The summed E-state index contributed by atoms with van der Waals surface area (Å²) >= 11 is 1.69. The normalized spacial score (nSPS) is 36.9. The summed E-state index contributed by atoms with van der Waals surface area (Å²) < 4.78 is 0. The lowest BCUT2D eigenvalue weighted by Crippen LogP contribution is -2.54. The van der Waals surface area contributed by atoms with E-state index in [9.17, 15) is 4.79 Å². The Bertz CT molecular complexity index is 490. The number of carbonyl (C=O) groups excluding carboxylic acids is 1. The molecule has 0 saturated heterocycles. The monoisotopic (exact) mass is 304 g/mol. The van der Waals surface area contributed by atoms with Crippen LogP contribution in [0.3, 0.4) is 0 Å². The van der Waals surface area contributed by atoms with Gasteiger partial charge < -0.3 is 4.90 Å². The largest absolute Gasteiger partial charge is 0.345 e. The Morgan fingerprint density at radius 2 is 1.90 bits per heavy atom. The predicted molar refractivity (Wildman–Crippen MR) is 84.1 cm³/mol. The second-order valence-electron chi connectivity index (χ2n) is 7.60. The first kappa shape index (κ1) is 13.7. The maximum absolute atomic E-state index is 13.1. The smallest absolute Gasteiger partial charge is 0.228 e. The third kappa shape index (κ3) is 2.41. The number of rotatable bonds is 4. The molecule has 0 spiro atoms. The standard InChI is InChI=1S/C17H24N2OS/c1-19(4-2-15-18-3-5-21-15)16(20)17-9-12-6-13(10-17)8-14(7-12)11-17/h3,5,12-14H,2,4,6-11H2,1H3. The Balaban J connectivity index is 1.44. The summed E-state index contributed by atoms with van der Waals surface area (Å²) in [5.74, 6) is 2.95. The zero-order valence-corrected chi connectivity index (χ0v) is 13.6. The lowest BCUT2D eigenvalue weighted by Gasteiger charge is -2.56. The first-order valence-corrected chi connectivity index (χ1v) is 9.16. The van der Waals surface area contributed by atoms with Crippen molar-refractivity contribution in [2.24, 2.45) is 23.2 Å². The molecule has 0 atom stereocenters. The van der Waals surface area contributed by atoms with Crippen LogP contribution < -0.4 is 0 Å². The van der Waals surface area contributed by atoms with E-state index in [-0.39, 0.29) is 5.41 Å². The van der Waals surface area contributed by atoms with E-state index in [0.29, 0.717) is 5.91 Å². The third-order valence-electron chi connectivity index (χ3n) is 5.98. The molecule has 0 N–H and O–H groups in total. The lowest BCUT2D eigenvalue weighted by molar-refractivity contribution is -0.156. The van der Waals surface area contributed by atoms with Crippen LogP contribution in [0.2, 0.25) is 0 Å². The molecule has 21 heavy (non-hydrogen) atoms. The molecule has 4 aliphatic carbocycles. The molecule has 0 radical (unpaired) electrons. The fraction of sp³-hybridized carbons (Fsp3) is 0.765. The van der Waals surface area contributed by atoms with Crippen LogP contribution >= 0.6 is 11.3 Å². The minimum absolute atomic E-state index is 0.00633. The molecule has 114 valence electrons.